The molecule has 6 nitrogen and oxygen atoms in total. The van der Waals surface area contributed by atoms with E-state index >= 15 is 0 Å². The lowest BCUT2D eigenvalue weighted by atomic mass is 10.1. The Labute approximate surface area is 157 Å². The minimum Gasteiger partial charge on any atom is -0.490 e. The third kappa shape index (κ3) is 5.64. The quantitative estimate of drug-likeness (QED) is 0.422. The first-order valence-electron chi connectivity index (χ1n) is 8.60. The van der Waals surface area contributed by atoms with Crippen LogP contribution in [0.25, 0.3) is 0 Å². The van der Waals surface area contributed by atoms with E-state index in [0.717, 1.165) is 30.2 Å². The van der Waals surface area contributed by atoms with Crippen molar-refractivity contribution in [1.82, 2.24) is 10.3 Å². The number of oxime groups is 1. The van der Waals surface area contributed by atoms with E-state index in [9.17, 15) is 4.79 Å². The molecule has 2 heterocycles. The van der Waals surface area contributed by atoms with E-state index in [1.165, 1.54) is 11.6 Å². The van der Waals surface area contributed by atoms with Gasteiger partial charge >= 0.3 is 0 Å². The summed E-state index contributed by atoms with van der Waals surface area (Å²) in [4.78, 5) is 18.9. The lowest BCUT2D eigenvalue weighted by Crippen LogP contribution is -2.14. The highest BCUT2D eigenvalue weighted by molar-refractivity contribution is 8.00. The second-order valence-electron chi connectivity index (χ2n) is 6.04. The zero-order chi connectivity index (χ0) is 18.2. The Morgan fingerprint density at radius 2 is 2.08 bits per heavy atom. The molecular formula is C19H23N3O3S. The van der Waals surface area contributed by atoms with Crippen molar-refractivity contribution in [3.05, 3.63) is 64.1 Å². The molecule has 0 spiro atoms. The standard InChI is InChI=1S/C19H23N3O3S/c1-14(16-4-7-19(23)21-11-16)22-25-9-8-24-17-5-2-15(3-6-17)10-18-12-20-13-26-18/h2-7,11,18,20H,8-10,12-13H2,1H3,(H,21,23). The number of nitrogens with zero attached hydrogens (tertiary/aromatic N) is 1. The maximum Gasteiger partial charge on any atom is 0.247 e. The highest BCUT2D eigenvalue weighted by Gasteiger charge is 2.15. The van der Waals surface area contributed by atoms with Gasteiger partial charge in [0.25, 0.3) is 0 Å². The molecule has 0 saturated carbocycles. The molecule has 7 heteroatoms. The van der Waals surface area contributed by atoms with E-state index in [4.69, 9.17) is 9.57 Å². The molecule has 1 aromatic heterocycles. The molecule has 3 rings (SSSR count). The van der Waals surface area contributed by atoms with E-state index in [0.29, 0.717) is 24.2 Å². The molecule has 138 valence electrons. The van der Waals surface area contributed by atoms with Gasteiger partial charge in [-0.15, -0.1) is 11.8 Å². The summed E-state index contributed by atoms with van der Waals surface area (Å²) in [5.74, 6) is 1.88. The Hall–Kier alpha value is -2.25. The van der Waals surface area contributed by atoms with Crippen molar-refractivity contribution in [1.29, 1.82) is 0 Å². The van der Waals surface area contributed by atoms with Gasteiger partial charge in [-0.3, -0.25) is 4.79 Å². The predicted molar refractivity (Wildman–Crippen MR) is 105 cm³/mol. The van der Waals surface area contributed by atoms with Crippen molar-refractivity contribution in [3.63, 3.8) is 0 Å². The Morgan fingerprint density at radius 3 is 2.77 bits per heavy atom. The van der Waals surface area contributed by atoms with Gasteiger partial charge in [-0.2, -0.15) is 0 Å². The highest BCUT2D eigenvalue weighted by atomic mass is 32.2. The van der Waals surface area contributed by atoms with Gasteiger partial charge < -0.3 is 19.9 Å². The average molecular weight is 373 g/mol. The van der Waals surface area contributed by atoms with Gasteiger partial charge in [0.05, 0.1) is 5.71 Å². The molecule has 1 fully saturated rings. The van der Waals surface area contributed by atoms with Crippen molar-refractivity contribution < 1.29 is 9.57 Å². The summed E-state index contributed by atoms with van der Waals surface area (Å²) in [5, 5.41) is 8.06. The summed E-state index contributed by atoms with van der Waals surface area (Å²) < 4.78 is 5.67. The Bertz CT molecular complexity index is 763. The number of nitrogens with one attached hydrogen (secondary N) is 2. The summed E-state index contributed by atoms with van der Waals surface area (Å²) in [7, 11) is 0. The minimum atomic E-state index is -0.138. The summed E-state index contributed by atoms with van der Waals surface area (Å²) >= 11 is 1.97. The molecule has 0 bridgehead atoms. The molecule has 1 unspecified atom stereocenters. The molecule has 26 heavy (non-hydrogen) atoms. The third-order valence-corrected chi connectivity index (χ3v) is 5.20. The largest absolute Gasteiger partial charge is 0.490 e. The first-order chi connectivity index (χ1) is 12.7. The van der Waals surface area contributed by atoms with E-state index in [-0.39, 0.29) is 5.56 Å². The Kier molecular flexibility index (Phi) is 6.74. The number of thioether (sulfide) groups is 1. The number of H-pyrrole nitrogens is 1. The summed E-state index contributed by atoms with van der Waals surface area (Å²) in [6.45, 7) is 3.68. The Balaban J connectivity index is 1.38. The maximum absolute atomic E-state index is 11.0. The van der Waals surface area contributed by atoms with Crippen LogP contribution < -0.4 is 15.6 Å². The van der Waals surface area contributed by atoms with Crippen LogP contribution in [0.15, 0.2) is 52.5 Å². The molecule has 1 atom stereocenters. The molecule has 2 N–H and O–H groups in total. The number of ether oxygens (including phenoxy) is 1. The monoisotopic (exact) mass is 373 g/mol. The van der Waals surface area contributed by atoms with Crippen LogP contribution in [0.4, 0.5) is 0 Å². The van der Waals surface area contributed by atoms with Crippen LogP contribution in [0.3, 0.4) is 0 Å². The van der Waals surface area contributed by atoms with Crippen molar-refractivity contribution in [2.24, 2.45) is 5.16 Å². The molecule has 1 aromatic carbocycles. The van der Waals surface area contributed by atoms with Gasteiger partial charge in [-0.25, -0.2) is 0 Å². The SMILES string of the molecule is CC(=NOCCOc1ccc(CC2CNCS2)cc1)c1ccc(=O)[nH]c1. The lowest BCUT2D eigenvalue weighted by Gasteiger charge is -2.09. The van der Waals surface area contributed by atoms with Gasteiger partial charge in [0.1, 0.15) is 12.4 Å². The normalized spacial score (nSPS) is 17.3. The number of aromatic nitrogens is 1. The molecular weight excluding hydrogens is 350 g/mol. The average Bonchev–Trinajstić information content (AvgIpc) is 3.16. The van der Waals surface area contributed by atoms with E-state index < -0.39 is 0 Å². The van der Waals surface area contributed by atoms with E-state index in [1.807, 2.05) is 30.8 Å². The number of pyridine rings is 1. The van der Waals surface area contributed by atoms with Crippen LogP contribution in [-0.4, -0.2) is 41.6 Å². The zero-order valence-electron chi connectivity index (χ0n) is 14.7. The fourth-order valence-corrected chi connectivity index (χ4v) is 3.62. The van der Waals surface area contributed by atoms with Crippen molar-refractivity contribution in [2.45, 2.75) is 18.6 Å². The van der Waals surface area contributed by atoms with Gasteiger partial charge in [-0.1, -0.05) is 17.3 Å². The molecule has 0 radical (unpaired) electrons. The first-order valence-corrected chi connectivity index (χ1v) is 9.65. The van der Waals surface area contributed by atoms with Gasteiger partial charge in [0.15, 0.2) is 6.61 Å². The number of benzene rings is 1. The zero-order valence-corrected chi connectivity index (χ0v) is 15.6. The van der Waals surface area contributed by atoms with Crippen LogP contribution in [0, 0.1) is 0 Å². The van der Waals surface area contributed by atoms with Crippen LogP contribution >= 0.6 is 11.8 Å². The fraction of sp³-hybridized carbons (Fsp3) is 0.368. The Morgan fingerprint density at radius 1 is 1.23 bits per heavy atom. The highest BCUT2D eigenvalue weighted by Crippen LogP contribution is 2.21. The molecule has 1 saturated heterocycles. The molecule has 2 aromatic rings. The third-order valence-electron chi connectivity index (χ3n) is 4.03. The molecule has 1 aliphatic heterocycles. The molecule has 0 aliphatic carbocycles. The second-order valence-corrected chi connectivity index (χ2v) is 7.32. The number of aromatic amines is 1. The maximum atomic E-state index is 11.0. The van der Waals surface area contributed by atoms with Crippen LogP contribution in [0.2, 0.25) is 0 Å². The first kappa shape index (κ1) is 18.5. The topological polar surface area (TPSA) is 75.7 Å². The number of rotatable bonds is 8. The van der Waals surface area contributed by atoms with Crippen molar-refractivity contribution in [3.8, 4) is 5.75 Å². The van der Waals surface area contributed by atoms with Crippen LogP contribution in [0.5, 0.6) is 5.75 Å². The fourth-order valence-electron chi connectivity index (χ4n) is 2.60. The van der Waals surface area contributed by atoms with Crippen LogP contribution in [0.1, 0.15) is 18.1 Å². The summed E-state index contributed by atoms with van der Waals surface area (Å²) in [5.41, 5.74) is 2.71. The van der Waals surface area contributed by atoms with Crippen LogP contribution in [-0.2, 0) is 11.3 Å². The molecule has 0 amide bonds. The predicted octanol–water partition coefficient (Wildman–Crippen LogP) is 2.40. The van der Waals surface area contributed by atoms with E-state index in [2.05, 4.69) is 27.6 Å². The van der Waals surface area contributed by atoms with E-state index in [1.54, 1.807) is 12.3 Å². The van der Waals surface area contributed by atoms with Gasteiger partial charge in [0.2, 0.25) is 5.56 Å². The van der Waals surface area contributed by atoms with Gasteiger partial charge in [-0.05, 0) is 37.1 Å². The summed E-state index contributed by atoms with van der Waals surface area (Å²) in [6.07, 6.45) is 2.70. The van der Waals surface area contributed by atoms with Crippen molar-refractivity contribution in [2.75, 3.05) is 25.6 Å². The second kappa shape index (κ2) is 9.45. The number of hydrogen-bond donors (Lipinski definition) is 2. The smallest absolute Gasteiger partial charge is 0.247 e. The molecule has 1 aliphatic rings. The number of hydrogen-bond acceptors (Lipinski definition) is 6. The van der Waals surface area contributed by atoms with Crippen molar-refractivity contribution >= 4 is 17.5 Å². The minimum absolute atomic E-state index is 0.138. The summed E-state index contributed by atoms with van der Waals surface area (Å²) in [6, 6.07) is 11.4. The lowest BCUT2D eigenvalue weighted by molar-refractivity contribution is 0.107. The van der Waals surface area contributed by atoms with Gasteiger partial charge in [0, 0.05) is 35.5 Å².